The van der Waals surface area contributed by atoms with Gasteiger partial charge in [0.1, 0.15) is 0 Å². The molecule has 0 unspecified atom stereocenters. The van der Waals surface area contributed by atoms with Gasteiger partial charge < -0.3 is 24.0 Å². The number of hydrogen-bond acceptors (Lipinski definition) is 5. The first kappa shape index (κ1) is 18.4. The molecule has 2 rings (SSSR count). The van der Waals surface area contributed by atoms with Crippen molar-refractivity contribution < 1.29 is 19.0 Å². The SMILES string of the molecule is COc1cc(C(=O)N(C)CCN2CCCCC2)cc(OC)c1OC. The molecule has 0 N–H and O–H groups in total. The summed E-state index contributed by atoms with van der Waals surface area (Å²) in [6.45, 7) is 3.88. The van der Waals surface area contributed by atoms with E-state index in [1.165, 1.54) is 19.3 Å². The Kier molecular flexibility index (Phi) is 6.73. The number of carbonyl (C=O) groups is 1. The number of methoxy groups -OCH3 is 3. The molecule has 1 aliphatic heterocycles. The molecule has 1 saturated heterocycles. The van der Waals surface area contributed by atoms with Crippen molar-refractivity contribution in [3.8, 4) is 17.2 Å². The normalized spacial score (nSPS) is 15.0. The third kappa shape index (κ3) is 4.32. The minimum Gasteiger partial charge on any atom is -0.493 e. The highest BCUT2D eigenvalue weighted by Crippen LogP contribution is 2.38. The van der Waals surface area contributed by atoms with Crippen molar-refractivity contribution in [2.75, 3.05) is 54.6 Å². The van der Waals surface area contributed by atoms with Crippen molar-refractivity contribution >= 4 is 5.91 Å². The van der Waals surface area contributed by atoms with Gasteiger partial charge in [0.25, 0.3) is 5.91 Å². The van der Waals surface area contributed by atoms with Crippen LogP contribution in [0.2, 0.25) is 0 Å². The fraction of sp³-hybridized carbons (Fsp3) is 0.611. The lowest BCUT2D eigenvalue weighted by molar-refractivity contribution is 0.0772. The number of piperidine rings is 1. The highest BCUT2D eigenvalue weighted by Gasteiger charge is 2.20. The van der Waals surface area contributed by atoms with Crippen LogP contribution in [0.1, 0.15) is 29.6 Å². The van der Waals surface area contributed by atoms with Crippen molar-refractivity contribution in [2.45, 2.75) is 19.3 Å². The van der Waals surface area contributed by atoms with E-state index < -0.39 is 0 Å². The Hall–Kier alpha value is -1.95. The van der Waals surface area contributed by atoms with Gasteiger partial charge in [0.05, 0.1) is 21.3 Å². The predicted molar refractivity (Wildman–Crippen MR) is 93.3 cm³/mol. The second kappa shape index (κ2) is 8.78. The molecule has 1 aliphatic rings. The number of likely N-dealkylation sites (tertiary alicyclic amines) is 1. The molecule has 1 aromatic rings. The lowest BCUT2D eigenvalue weighted by Gasteiger charge is -2.28. The molecule has 0 radical (unpaired) electrons. The molecule has 0 atom stereocenters. The topological polar surface area (TPSA) is 51.2 Å². The summed E-state index contributed by atoms with van der Waals surface area (Å²) in [5, 5.41) is 0. The van der Waals surface area contributed by atoms with Gasteiger partial charge in [-0.25, -0.2) is 0 Å². The number of benzene rings is 1. The van der Waals surface area contributed by atoms with E-state index in [1.807, 2.05) is 7.05 Å². The number of hydrogen-bond donors (Lipinski definition) is 0. The maximum atomic E-state index is 12.7. The molecule has 1 heterocycles. The van der Waals surface area contributed by atoms with Gasteiger partial charge in [-0.05, 0) is 38.1 Å². The van der Waals surface area contributed by atoms with Crippen molar-refractivity contribution in [1.82, 2.24) is 9.80 Å². The maximum Gasteiger partial charge on any atom is 0.253 e. The Bertz CT molecular complexity index is 531. The zero-order valence-electron chi connectivity index (χ0n) is 15.1. The molecular weight excluding hydrogens is 308 g/mol. The smallest absolute Gasteiger partial charge is 0.253 e. The van der Waals surface area contributed by atoms with Crippen LogP contribution >= 0.6 is 0 Å². The van der Waals surface area contributed by atoms with E-state index in [-0.39, 0.29) is 5.91 Å². The molecular formula is C18H28N2O4. The van der Waals surface area contributed by atoms with Gasteiger partial charge in [-0.15, -0.1) is 0 Å². The number of carbonyl (C=O) groups excluding carboxylic acids is 1. The highest BCUT2D eigenvalue weighted by molar-refractivity contribution is 5.95. The van der Waals surface area contributed by atoms with Crippen molar-refractivity contribution in [3.63, 3.8) is 0 Å². The molecule has 0 aliphatic carbocycles. The molecule has 24 heavy (non-hydrogen) atoms. The third-order valence-corrected chi connectivity index (χ3v) is 4.46. The van der Waals surface area contributed by atoms with Crippen LogP contribution in [0, 0.1) is 0 Å². The average molecular weight is 336 g/mol. The molecule has 0 spiro atoms. The number of ether oxygens (including phenoxy) is 3. The van der Waals surface area contributed by atoms with Gasteiger partial charge in [0, 0.05) is 25.7 Å². The quantitative estimate of drug-likeness (QED) is 0.764. The van der Waals surface area contributed by atoms with Crippen LogP contribution in [0.5, 0.6) is 17.2 Å². The minimum atomic E-state index is -0.0498. The van der Waals surface area contributed by atoms with E-state index in [2.05, 4.69) is 4.90 Å². The fourth-order valence-corrected chi connectivity index (χ4v) is 3.00. The Morgan fingerprint density at radius 1 is 1.04 bits per heavy atom. The second-order valence-electron chi connectivity index (χ2n) is 6.04. The summed E-state index contributed by atoms with van der Waals surface area (Å²) < 4.78 is 15.9. The average Bonchev–Trinajstić information content (AvgIpc) is 2.64. The van der Waals surface area contributed by atoms with Gasteiger partial charge in [-0.1, -0.05) is 6.42 Å². The molecule has 134 valence electrons. The molecule has 1 amide bonds. The van der Waals surface area contributed by atoms with Crippen LogP contribution in [0.4, 0.5) is 0 Å². The number of nitrogens with zero attached hydrogens (tertiary/aromatic N) is 2. The van der Waals surface area contributed by atoms with Crippen molar-refractivity contribution in [3.05, 3.63) is 17.7 Å². The van der Waals surface area contributed by atoms with Crippen LogP contribution in [0.15, 0.2) is 12.1 Å². The van der Waals surface area contributed by atoms with Gasteiger partial charge in [0.15, 0.2) is 11.5 Å². The number of rotatable bonds is 7. The molecule has 1 aromatic carbocycles. The Morgan fingerprint density at radius 3 is 2.12 bits per heavy atom. The van der Waals surface area contributed by atoms with Gasteiger partial charge in [0.2, 0.25) is 5.75 Å². The number of amides is 1. The summed E-state index contributed by atoms with van der Waals surface area (Å²) in [4.78, 5) is 16.9. The van der Waals surface area contributed by atoms with Crippen LogP contribution < -0.4 is 14.2 Å². The Morgan fingerprint density at radius 2 is 1.62 bits per heavy atom. The fourth-order valence-electron chi connectivity index (χ4n) is 3.00. The molecule has 0 saturated carbocycles. The summed E-state index contributed by atoms with van der Waals surface area (Å²) in [6.07, 6.45) is 3.83. The number of likely N-dealkylation sites (N-methyl/N-ethyl adjacent to an activating group) is 1. The van der Waals surface area contributed by atoms with E-state index in [0.29, 0.717) is 29.4 Å². The second-order valence-corrected chi connectivity index (χ2v) is 6.04. The monoisotopic (exact) mass is 336 g/mol. The van der Waals surface area contributed by atoms with E-state index in [0.717, 1.165) is 19.6 Å². The summed E-state index contributed by atoms with van der Waals surface area (Å²) >= 11 is 0. The lowest BCUT2D eigenvalue weighted by Crippen LogP contribution is -2.38. The Balaban J connectivity index is 2.07. The van der Waals surface area contributed by atoms with E-state index >= 15 is 0 Å². The van der Waals surface area contributed by atoms with E-state index in [9.17, 15) is 4.79 Å². The zero-order valence-corrected chi connectivity index (χ0v) is 15.1. The van der Waals surface area contributed by atoms with E-state index in [4.69, 9.17) is 14.2 Å². The van der Waals surface area contributed by atoms with Crippen molar-refractivity contribution in [2.24, 2.45) is 0 Å². The van der Waals surface area contributed by atoms with Crippen LogP contribution in [-0.2, 0) is 0 Å². The zero-order chi connectivity index (χ0) is 17.5. The van der Waals surface area contributed by atoms with Gasteiger partial charge >= 0.3 is 0 Å². The maximum absolute atomic E-state index is 12.7. The minimum absolute atomic E-state index is 0.0498. The molecule has 6 heteroatoms. The Labute approximate surface area is 144 Å². The third-order valence-electron chi connectivity index (χ3n) is 4.46. The summed E-state index contributed by atoms with van der Waals surface area (Å²) in [5.41, 5.74) is 0.533. The first-order valence-corrected chi connectivity index (χ1v) is 8.38. The highest BCUT2D eigenvalue weighted by atomic mass is 16.5. The summed E-state index contributed by atoms with van der Waals surface area (Å²) in [7, 11) is 6.47. The van der Waals surface area contributed by atoms with Crippen LogP contribution in [0.25, 0.3) is 0 Å². The first-order chi connectivity index (χ1) is 11.6. The summed E-state index contributed by atoms with van der Waals surface area (Å²) in [6, 6.07) is 3.39. The standard InChI is InChI=1S/C18H28N2O4/c1-19(10-11-20-8-6-5-7-9-20)18(21)14-12-15(22-2)17(24-4)16(13-14)23-3/h12-13H,5-11H2,1-4H3. The summed E-state index contributed by atoms with van der Waals surface area (Å²) in [5.74, 6) is 1.42. The predicted octanol–water partition coefficient (Wildman–Crippen LogP) is 2.27. The molecule has 0 bridgehead atoms. The molecule has 1 fully saturated rings. The van der Waals surface area contributed by atoms with Crippen molar-refractivity contribution in [1.29, 1.82) is 0 Å². The van der Waals surface area contributed by atoms with Crippen LogP contribution in [-0.4, -0.2) is 70.3 Å². The largest absolute Gasteiger partial charge is 0.493 e. The van der Waals surface area contributed by atoms with Gasteiger partial charge in [-0.2, -0.15) is 0 Å². The lowest BCUT2D eigenvalue weighted by atomic mass is 10.1. The van der Waals surface area contributed by atoms with Gasteiger partial charge in [-0.3, -0.25) is 4.79 Å². The van der Waals surface area contributed by atoms with Crippen LogP contribution in [0.3, 0.4) is 0 Å². The first-order valence-electron chi connectivity index (χ1n) is 8.38. The van der Waals surface area contributed by atoms with E-state index in [1.54, 1.807) is 38.4 Å². The molecule has 6 nitrogen and oxygen atoms in total. The molecule has 0 aromatic heterocycles.